The number of hydrogen-bond donors (Lipinski definition) is 3. The van der Waals surface area contributed by atoms with Crippen LogP contribution in [0.25, 0.3) is 11.3 Å². The van der Waals surface area contributed by atoms with E-state index in [0.717, 1.165) is 12.3 Å². The van der Waals surface area contributed by atoms with Crippen LogP contribution in [-0.2, 0) is 20.4 Å². The summed E-state index contributed by atoms with van der Waals surface area (Å²) in [6.45, 7) is 0. The fourth-order valence-electron chi connectivity index (χ4n) is 3.23. The van der Waals surface area contributed by atoms with Crippen molar-refractivity contribution < 1.29 is 22.4 Å². The minimum absolute atomic E-state index is 0.0110. The van der Waals surface area contributed by atoms with Gasteiger partial charge in [-0.25, -0.2) is 12.8 Å². The van der Waals surface area contributed by atoms with E-state index in [1.807, 2.05) is 0 Å². The summed E-state index contributed by atoms with van der Waals surface area (Å²) in [5.74, 6) is -2.22. The van der Waals surface area contributed by atoms with E-state index in [2.05, 4.69) is 15.5 Å². The first-order valence-corrected chi connectivity index (χ1v) is 11.8. The van der Waals surface area contributed by atoms with E-state index in [9.17, 15) is 22.4 Å². The Kier molecular flexibility index (Phi) is 6.95. The smallest absolute Gasteiger partial charge is 0.255 e. The highest BCUT2D eigenvalue weighted by Gasteiger charge is 2.23. The molecule has 1 heterocycles. The Labute approximate surface area is 188 Å². The second-order valence-corrected chi connectivity index (χ2v) is 9.87. The lowest BCUT2D eigenvalue weighted by Crippen LogP contribution is -2.32. The standard InChI is InChI=1S/C21H20ClFN4O4S/c1-32(30,31)11-12-5-6-17(23)15(7-12)20-16(10-25-27-20)21(29)26-18(9-19(24)28)13-3-2-4-14(22)8-13/h2-8,10,18H,9,11H2,1H3,(H2,24,28)(H,25,27)(H,26,29)/t18-/m1/s1. The molecule has 168 valence electrons. The number of amides is 2. The van der Waals surface area contributed by atoms with Crippen LogP contribution in [0, 0.1) is 5.82 Å². The number of halogens is 2. The number of carbonyl (C=O) groups is 2. The maximum Gasteiger partial charge on any atom is 0.255 e. The Morgan fingerprint density at radius 3 is 2.66 bits per heavy atom. The van der Waals surface area contributed by atoms with Gasteiger partial charge in [0.15, 0.2) is 9.84 Å². The summed E-state index contributed by atoms with van der Waals surface area (Å²) < 4.78 is 37.8. The normalized spacial score (nSPS) is 12.3. The minimum Gasteiger partial charge on any atom is -0.370 e. The molecule has 0 saturated heterocycles. The number of nitrogens with one attached hydrogen (secondary N) is 2. The minimum atomic E-state index is -3.35. The summed E-state index contributed by atoms with van der Waals surface area (Å²) in [5, 5.41) is 9.54. The molecular formula is C21H20ClFN4O4S. The molecule has 0 radical (unpaired) electrons. The number of aromatic amines is 1. The number of primary amides is 1. The summed E-state index contributed by atoms with van der Waals surface area (Å²) in [6.07, 6.45) is 2.10. The number of aromatic nitrogens is 2. The van der Waals surface area contributed by atoms with Gasteiger partial charge in [0.05, 0.1) is 35.7 Å². The van der Waals surface area contributed by atoms with E-state index in [1.165, 1.54) is 18.3 Å². The zero-order valence-corrected chi connectivity index (χ0v) is 18.5. The third kappa shape index (κ3) is 5.92. The SMILES string of the molecule is CS(=O)(=O)Cc1ccc(F)c(-c2[nH]ncc2C(=O)N[C@H](CC(N)=O)c2cccc(Cl)c2)c1. The Bertz CT molecular complexity index is 1280. The fraction of sp³-hybridized carbons (Fsp3) is 0.190. The molecule has 11 heteroatoms. The first-order valence-electron chi connectivity index (χ1n) is 9.38. The van der Waals surface area contributed by atoms with E-state index in [1.54, 1.807) is 24.3 Å². The number of hydrogen-bond acceptors (Lipinski definition) is 5. The van der Waals surface area contributed by atoms with E-state index in [0.29, 0.717) is 16.1 Å². The van der Waals surface area contributed by atoms with Crippen LogP contribution in [0.5, 0.6) is 0 Å². The van der Waals surface area contributed by atoms with Gasteiger partial charge in [0, 0.05) is 16.8 Å². The van der Waals surface area contributed by atoms with Gasteiger partial charge in [-0.1, -0.05) is 29.8 Å². The Morgan fingerprint density at radius 1 is 1.25 bits per heavy atom. The highest BCUT2D eigenvalue weighted by Crippen LogP contribution is 2.27. The fourth-order valence-corrected chi connectivity index (χ4v) is 4.22. The van der Waals surface area contributed by atoms with Gasteiger partial charge in [-0.05, 0) is 35.4 Å². The maximum atomic E-state index is 14.5. The van der Waals surface area contributed by atoms with Crippen molar-refractivity contribution in [2.24, 2.45) is 5.73 Å². The van der Waals surface area contributed by atoms with Crippen LogP contribution in [0.15, 0.2) is 48.7 Å². The molecule has 1 atom stereocenters. The molecule has 0 unspecified atom stereocenters. The second-order valence-electron chi connectivity index (χ2n) is 7.29. The van der Waals surface area contributed by atoms with Gasteiger partial charge in [0.1, 0.15) is 5.82 Å². The van der Waals surface area contributed by atoms with Crippen LogP contribution >= 0.6 is 11.6 Å². The van der Waals surface area contributed by atoms with Crippen molar-refractivity contribution in [3.8, 4) is 11.3 Å². The van der Waals surface area contributed by atoms with Gasteiger partial charge in [-0.2, -0.15) is 5.10 Å². The van der Waals surface area contributed by atoms with E-state index in [-0.39, 0.29) is 29.0 Å². The molecule has 32 heavy (non-hydrogen) atoms. The molecule has 1 aromatic heterocycles. The lowest BCUT2D eigenvalue weighted by molar-refractivity contribution is -0.118. The second kappa shape index (κ2) is 9.49. The molecule has 0 fully saturated rings. The number of nitrogens with two attached hydrogens (primary N) is 1. The van der Waals surface area contributed by atoms with Crippen LogP contribution in [0.1, 0.15) is 33.9 Å². The van der Waals surface area contributed by atoms with E-state index in [4.69, 9.17) is 17.3 Å². The molecule has 3 rings (SSSR count). The predicted octanol–water partition coefficient (Wildman–Crippen LogP) is 2.76. The van der Waals surface area contributed by atoms with Crippen molar-refractivity contribution in [3.05, 3.63) is 76.2 Å². The molecule has 2 amide bonds. The number of nitrogens with zero attached hydrogens (tertiary/aromatic N) is 1. The zero-order valence-electron chi connectivity index (χ0n) is 16.9. The van der Waals surface area contributed by atoms with Gasteiger partial charge in [-0.15, -0.1) is 0 Å². The molecule has 8 nitrogen and oxygen atoms in total. The summed E-state index contributed by atoms with van der Waals surface area (Å²) >= 11 is 6.02. The third-order valence-electron chi connectivity index (χ3n) is 4.57. The average Bonchev–Trinajstić information content (AvgIpc) is 3.17. The predicted molar refractivity (Wildman–Crippen MR) is 118 cm³/mol. The van der Waals surface area contributed by atoms with Gasteiger partial charge >= 0.3 is 0 Å². The highest BCUT2D eigenvalue weighted by molar-refractivity contribution is 7.89. The summed E-state index contributed by atoms with van der Waals surface area (Å²) in [5.41, 5.74) is 6.32. The van der Waals surface area contributed by atoms with E-state index >= 15 is 0 Å². The molecule has 4 N–H and O–H groups in total. The van der Waals surface area contributed by atoms with Crippen LogP contribution in [0.3, 0.4) is 0 Å². The first kappa shape index (κ1) is 23.4. The molecule has 0 bridgehead atoms. The van der Waals surface area contributed by atoms with Crippen molar-refractivity contribution in [2.45, 2.75) is 18.2 Å². The summed E-state index contributed by atoms with van der Waals surface area (Å²) in [6, 6.07) is 9.66. The molecule has 2 aromatic carbocycles. The molecule has 0 saturated carbocycles. The number of sulfone groups is 1. The number of carbonyl (C=O) groups excluding carboxylic acids is 2. The van der Waals surface area contributed by atoms with Crippen molar-refractivity contribution in [1.29, 1.82) is 0 Å². The third-order valence-corrected chi connectivity index (χ3v) is 5.67. The van der Waals surface area contributed by atoms with Gasteiger partial charge in [0.2, 0.25) is 5.91 Å². The maximum absolute atomic E-state index is 14.5. The first-order chi connectivity index (χ1) is 15.0. The van der Waals surface area contributed by atoms with Crippen LogP contribution in [-0.4, -0.2) is 36.7 Å². The molecule has 0 spiro atoms. The topological polar surface area (TPSA) is 135 Å². The lowest BCUT2D eigenvalue weighted by Gasteiger charge is -2.18. The van der Waals surface area contributed by atoms with Gasteiger partial charge < -0.3 is 11.1 Å². The monoisotopic (exact) mass is 478 g/mol. The van der Waals surface area contributed by atoms with Crippen LogP contribution < -0.4 is 11.1 Å². The van der Waals surface area contributed by atoms with E-state index < -0.39 is 33.5 Å². The Morgan fingerprint density at radius 2 is 2.00 bits per heavy atom. The molecule has 0 aliphatic heterocycles. The van der Waals surface area contributed by atoms with Crippen molar-refractivity contribution >= 4 is 33.3 Å². The Hall–Kier alpha value is -3.24. The highest BCUT2D eigenvalue weighted by atomic mass is 35.5. The summed E-state index contributed by atoms with van der Waals surface area (Å²) in [7, 11) is -3.35. The van der Waals surface area contributed by atoms with Gasteiger partial charge in [-0.3, -0.25) is 14.7 Å². The molecule has 0 aliphatic rings. The Balaban J connectivity index is 1.94. The number of rotatable bonds is 8. The zero-order chi connectivity index (χ0) is 23.5. The van der Waals surface area contributed by atoms with Gasteiger partial charge in [0.25, 0.3) is 5.91 Å². The number of H-pyrrole nitrogens is 1. The average molecular weight is 479 g/mol. The number of benzene rings is 2. The summed E-state index contributed by atoms with van der Waals surface area (Å²) in [4.78, 5) is 24.5. The van der Waals surface area contributed by atoms with Crippen molar-refractivity contribution in [3.63, 3.8) is 0 Å². The molecular weight excluding hydrogens is 459 g/mol. The lowest BCUT2D eigenvalue weighted by atomic mass is 10.0. The quantitative estimate of drug-likeness (QED) is 0.457. The van der Waals surface area contributed by atoms with Crippen molar-refractivity contribution in [2.75, 3.05) is 6.26 Å². The largest absolute Gasteiger partial charge is 0.370 e. The molecule has 3 aromatic rings. The molecule has 0 aliphatic carbocycles. The van der Waals surface area contributed by atoms with Crippen LogP contribution in [0.2, 0.25) is 5.02 Å². The van der Waals surface area contributed by atoms with Crippen LogP contribution in [0.4, 0.5) is 4.39 Å². The van der Waals surface area contributed by atoms with Crippen molar-refractivity contribution in [1.82, 2.24) is 15.5 Å².